The first kappa shape index (κ1) is 17.9. The second-order valence-electron chi connectivity index (χ2n) is 9.28. The van der Waals surface area contributed by atoms with E-state index in [0.29, 0.717) is 29.0 Å². The molecule has 30 heavy (non-hydrogen) atoms. The Balaban J connectivity index is 1.35. The topological polar surface area (TPSA) is 79.1 Å². The van der Waals surface area contributed by atoms with E-state index in [-0.39, 0.29) is 16.8 Å². The first-order valence-electron chi connectivity index (χ1n) is 10.9. The largest absolute Gasteiger partial charge is 0.507 e. The summed E-state index contributed by atoms with van der Waals surface area (Å²) in [5, 5.41) is 27.4. The Labute approximate surface area is 178 Å². The number of hydrogen-bond acceptors (Lipinski definition) is 6. The maximum absolute atomic E-state index is 10.5. The van der Waals surface area contributed by atoms with Crippen LogP contribution in [0.15, 0.2) is 48.8 Å². The minimum absolute atomic E-state index is 0.103. The van der Waals surface area contributed by atoms with Crippen molar-refractivity contribution in [2.24, 2.45) is 0 Å². The summed E-state index contributed by atoms with van der Waals surface area (Å²) in [6.07, 6.45) is 7.67. The van der Waals surface area contributed by atoms with Gasteiger partial charge in [-0.2, -0.15) is 5.10 Å². The number of aromatic hydroxyl groups is 1. The quantitative estimate of drug-likeness (QED) is 0.691. The number of piperidine rings is 1. The van der Waals surface area contributed by atoms with Crippen LogP contribution in [0.25, 0.3) is 16.9 Å². The maximum atomic E-state index is 10.5. The van der Waals surface area contributed by atoms with Gasteiger partial charge in [-0.15, -0.1) is 10.2 Å². The normalized spacial score (nSPS) is 28.4. The molecule has 1 aromatic carbocycles. The molecule has 4 heterocycles. The number of nitrogens with one attached hydrogen (secondary N) is 1. The van der Waals surface area contributed by atoms with Gasteiger partial charge in [-0.3, -0.25) is 0 Å². The Morgan fingerprint density at radius 2 is 1.93 bits per heavy atom. The van der Waals surface area contributed by atoms with E-state index in [1.165, 1.54) is 19.0 Å². The van der Waals surface area contributed by atoms with Gasteiger partial charge in [0.05, 0.1) is 12.8 Å². The lowest BCUT2D eigenvalue weighted by molar-refractivity contribution is 0.207. The highest BCUT2D eigenvalue weighted by Crippen LogP contribution is 2.43. The van der Waals surface area contributed by atoms with E-state index in [0.717, 1.165) is 18.7 Å². The smallest absolute Gasteiger partial charge is 0.151 e. The fraction of sp³-hybridized carbons (Fsp3) is 0.435. The van der Waals surface area contributed by atoms with Crippen LogP contribution in [0.4, 0.5) is 5.82 Å². The highest BCUT2D eigenvalue weighted by atomic mass is 16.3. The van der Waals surface area contributed by atoms with Crippen LogP contribution < -0.4 is 10.2 Å². The van der Waals surface area contributed by atoms with Crippen LogP contribution in [0.2, 0.25) is 0 Å². The van der Waals surface area contributed by atoms with E-state index in [1.807, 2.05) is 18.2 Å². The van der Waals surface area contributed by atoms with E-state index >= 15 is 0 Å². The molecule has 7 nitrogen and oxygen atoms in total. The van der Waals surface area contributed by atoms with Crippen LogP contribution in [-0.4, -0.2) is 49.3 Å². The third kappa shape index (κ3) is 3.33. The molecule has 2 aliphatic rings. The van der Waals surface area contributed by atoms with Crippen LogP contribution in [-0.2, 0) is 0 Å². The summed E-state index contributed by atoms with van der Waals surface area (Å²) in [6, 6.07) is 9.88. The summed E-state index contributed by atoms with van der Waals surface area (Å²) < 4.78 is 9.16. The molecule has 0 spiro atoms. The minimum atomic E-state index is 0.103. The van der Waals surface area contributed by atoms with Crippen LogP contribution in [0.5, 0.6) is 5.75 Å². The standard InChI is InChI=1S/C23H28N6O/c1-22-9-10-23(2,27-22)15-17(14-22)28(3)21-8-7-19(25-26-21)18-6-5-16(13-20(18)30)29-12-4-11-24-29/h4-8,11-13,17,27,30H,9-10,14-15H2,1-3H3/t17?,22-,23+/i4D. The van der Waals surface area contributed by atoms with E-state index in [4.69, 9.17) is 1.37 Å². The molecule has 5 rings (SSSR count). The molecule has 0 amide bonds. The Hall–Kier alpha value is -2.93. The highest BCUT2D eigenvalue weighted by Gasteiger charge is 2.49. The van der Waals surface area contributed by atoms with E-state index in [1.54, 1.807) is 23.0 Å². The Morgan fingerprint density at radius 1 is 1.17 bits per heavy atom. The van der Waals surface area contributed by atoms with Gasteiger partial charge < -0.3 is 15.3 Å². The monoisotopic (exact) mass is 405 g/mol. The van der Waals surface area contributed by atoms with Crippen molar-refractivity contribution in [3.8, 4) is 22.7 Å². The maximum Gasteiger partial charge on any atom is 0.151 e. The second-order valence-corrected chi connectivity index (χ2v) is 9.28. The third-order valence-electron chi connectivity index (χ3n) is 6.74. The van der Waals surface area contributed by atoms with Gasteiger partial charge in [-0.1, -0.05) is 0 Å². The van der Waals surface area contributed by atoms with Crippen molar-refractivity contribution >= 4 is 5.82 Å². The first-order valence-corrected chi connectivity index (χ1v) is 10.4. The molecule has 1 unspecified atom stereocenters. The predicted molar refractivity (Wildman–Crippen MR) is 117 cm³/mol. The molecule has 0 radical (unpaired) electrons. The first-order chi connectivity index (χ1) is 14.7. The molecule has 3 aromatic rings. The molecule has 2 aliphatic heterocycles. The number of nitrogens with zero attached hydrogens (tertiary/aromatic N) is 5. The van der Waals surface area contributed by atoms with Gasteiger partial charge in [0.2, 0.25) is 0 Å². The van der Waals surface area contributed by atoms with Gasteiger partial charge in [-0.05, 0) is 69.8 Å². The molecule has 2 bridgehead atoms. The molecule has 2 aromatic heterocycles. The van der Waals surface area contributed by atoms with Gasteiger partial charge in [0, 0.05) is 48.2 Å². The zero-order valence-electron chi connectivity index (χ0n) is 18.6. The van der Waals surface area contributed by atoms with Crippen molar-refractivity contribution in [1.29, 1.82) is 0 Å². The predicted octanol–water partition coefficient (Wildman–Crippen LogP) is 3.53. The van der Waals surface area contributed by atoms with E-state index < -0.39 is 0 Å². The van der Waals surface area contributed by atoms with E-state index in [9.17, 15) is 5.11 Å². The number of rotatable bonds is 4. The number of phenolic OH excluding ortho intramolecular Hbond substituents is 1. The van der Waals surface area contributed by atoms with Crippen LogP contribution in [0, 0.1) is 0 Å². The number of fused-ring (bicyclic) bond motifs is 2. The molecule has 7 heteroatoms. The summed E-state index contributed by atoms with van der Waals surface area (Å²) in [7, 11) is 2.10. The summed E-state index contributed by atoms with van der Waals surface area (Å²) >= 11 is 0. The Kier molecular flexibility index (Phi) is 4.06. The van der Waals surface area contributed by atoms with Crippen LogP contribution in [0.3, 0.4) is 0 Å². The van der Waals surface area contributed by atoms with E-state index in [2.05, 4.69) is 46.4 Å². The number of anilines is 1. The molecule has 156 valence electrons. The van der Waals surface area contributed by atoms with Gasteiger partial charge in [-0.25, -0.2) is 4.68 Å². The molecule has 2 fully saturated rings. The average molecular weight is 406 g/mol. The Morgan fingerprint density at radius 3 is 2.53 bits per heavy atom. The summed E-state index contributed by atoms with van der Waals surface area (Å²) in [4.78, 5) is 2.25. The van der Waals surface area contributed by atoms with Crippen molar-refractivity contribution in [1.82, 2.24) is 25.3 Å². The fourth-order valence-electron chi connectivity index (χ4n) is 5.19. The number of aromatic nitrogens is 4. The number of hydrogen-bond donors (Lipinski definition) is 2. The average Bonchev–Trinajstić information content (AvgIpc) is 3.27. The van der Waals surface area contributed by atoms with Crippen molar-refractivity contribution in [3.05, 3.63) is 48.8 Å². The second kappa shape index (κ2) is 6.80. The highest BCUT2D eigenvalue weighted by molar-refractivity contribution is 5.69. The van der Waals surface area contributed by atoms with Crippen molar-refractivity contribution < 1.29 is 6.48 Å². The van der Waals surface area contributed by atoms with Gasteiger partial charge >= 0.3 is 0 Å². The Bertz CT molecular complexity index is 1100. The van der Waals surface area contributed by atoms with Gasteiger partial charge in [0.15, 0.2) is 5.82 Å². The fourth-order valence-corrected chi connectivity index (χ4v) is 5.19. The molecule has 0 saturated carbocycles. The third-order valence-corrected chi connectivity index (χ3v) is 6.74. The van der Waals surface area contributed by atoms with Crippen molar-refractivity contribution in [2.45, 2.75) is 56.7 Å². The lowest BCUT2D eigenvalue weighted by atomic mass is 9.84. The van der Waals surface area contributed by atoms with Crippen molar-refractivity contribution in [3.63, 3.8) is 0 Å². The van der Waals surface area contributed by atoms with Crippen molar-refractivity contribution in [2.75, 3.05) is 11.9 Å². The molecule has 3 atom stereocenters. The molecule has 0 aliphatic carbocycles. The summed E-state index contributed by atoms with van der Waals surface area (Å²) in [6.45, 7) is 4.65. The molecule has 2 N–H and O–H groups in total. The molecular formula is C23H28N6O. The van der Waals surface area contributed by atoms with Crippen LogP contribution >= 0.6 is 0 Å². The number of phenols is 1. The summed E-state index contributed by atoms with van der Waals surface area (Å²) in [5.74, 6) is 0.948. The zero-order valence-corrected chi connectivity index (χ0v) is 17.6. The lowest BCUT2D eigenvalue weighted by Gasteiger charge is -2.45. The molecule has 2 saturated heterocycles. The lowest BCUT2D eigenvalue weighted by Crippen LogP contribution is -2.58. The summed E-state index contributed by atoms with van der Waals surface area (Å²) in [5.41, 5.74) is 2.31. The number of benzene rings is 1. The van der Waals surface area contributed by atoms with Crippen LogP contribution in [0.1, 0.15) is 40.9 Å². The zero-order chi connectivity index (χ0) is 21.8. The molecular weight excluding hydrogens is 376 g/mol. The van der Waals surface area contributed by atoms with Gasteiger partial charge in [0.1, 0.15) is 5.75 Å². The van der Waals surface area contributed by atoms with Gasteiger partial charge in [0.25, 0.3) is 0 Å². The minimum Gasteiger partial charge on any atom is -0.507 e. The SMILES string of the molecule is [2H]c1cnn(-c2ccc(-c3ccc(N(C)C4C[C@]5(C)CC[C@](C)(C4)N5)nn3)c(O)c2)c1.